The van der Waals surface area contributed by atoms with Gasteiger partial charge in [0.2, 0.25) is 0 Å². The van der Waals surface area contributed by atoms with Crippen LogP contribution in [-0.2, 0) is 13.0 Å². The largest absolute Gasteiger partial charge is 0.501 e. The average molecular weight is 431 g/mol. The molecule has 0 fully saturated rings. The Morgan fingerprint density at radius 2 is 2.17 bits per heavy atom. The third-order valence-electron chi connectivity index (χ3n) is 4.93. The number of aryl methyl sites for hydroxylation is 1. The molecule has 150 valence electrons. The molecule has 7 nitrogen and oxygen atoms in total. The van der Waals surface area contributed by atoms with Crippen molar-refractivity contribution in [1.29, 1.82) is 0 Å². The van der Waals surface area contributed by atoms with Gasteiger partial charge >= 0.3 is 6.03 Å². The highest BCUT2D eigenvalue weighted by Gasteiger charge is 2.31. The molecule has 0 spiro atoms. The summed E-state index contributed by atoms with van der Waals surface area (Å²) in [5.41, 5.74) is 2.63. The Balaban J connectivity index is 1.67. The number of urea groups is 1. The molecule has 1 aromatic carbocycles. The Labute approximate surface area is 177 Å². The predicted octanol–water partition coefficient (Wildman–Crippen LogP) is 4.71. The van der Waals surface area contributed by atoms with Crippen LogP contribution in [0.1, 0.15) is 23.2 Å². The standard InChI is InChI=1S/C20H20ClN5O2S/c1-4-26-10-9-15-16(11-26)29-19(17(15)18-22-12(2)24-28-18)23-20(27)25(3)14-7-5-13(21)6-8-14/h5-8H,3-4,9-11H2,1-2H3/p+1. The molecule has 2 amide bonds. The molecular formula is C20H21ClN5O2S+. The van der Waals surface area contributed by atoms with Gasteiger partial charge in [-0.05, 0) is 49.7 Å². The van der Waals surface area contributed by atoms with E-state index < -0.39 is 0 Å². The summed E-state index contributed by atoms with van der Waals surface area (Å²) in [5, 5.41) is 8.21. The maximum absolute atomic E-state index is 12.9. The number of benzene rings is 1. The summed E-state index contributed by atoms with van der Waals surface area (Å²) in [4.78, 5) is 20.8. The topological polar surface area (TPSA) is 74.3 Å². The summed E-state index contributed by atoms with van der Waals surface area (Å²) in [6.45, 7) is 10.6. The molecular weight excluding hydrogens is 410 g/mol. The zero-order chi connectivity index (χ0) is 20.5. The molecule has 0 bridgehead atoms. The van der Waals surface area contributed by atoms with Crippen molar-refractivity contribution in [2.45, 2.75) is 26.8 Å². The van der Waals surface area contributed by atoms with Crippen LogP contribution in [0.5, 0.6) is 0 Å². The van der Waals surface area contributed by atoms with Crippen LogP contribution in [0.2, 0.25) is 5.02 Å². The number of hydrogen-bond acceptors (Lipinski definition) is 6. The van der Waals surface area contributed by atoms with Gasteiger partial charge in [-0.3, -0.25) is 4.90 Å². The van der Waals surface area contributed by atoms with Crippen LogP contribution in [0.15, 0.2) is 28.8 Å². The number of nitrogens with one attached hydrogen (secondary N) is 1. The van der Waals surface area contributed by atoms with Crippen molar-refractivity contribution in [2.75, 3.05) is 18.4 Å². The van der Waals surface area contributed by atoms with Crippen LogP contribution in [0.4, 0.5) is 15.5 Å². The van der Waals surface area contributed by atoms with Crippen LogP contribution in [0, 0.1) is 6.92 Å². The van der Waals surface area contributed by atoms with Crippen molar-refractivity contribution >= 4 is 46.4 Å². The number of anilines is 1. The molecule has 1 N–H and O–H groups in total. The van der Waals surface area contributed by atoms with E-state index >= 15 is 0 Å². The minimum atomic E-state index is -0.351. The van der Waals surface area contributed by atoms with Gasteiger partial charge in [0.25, 0.3) is 5.89 Å². The van der Waals surface area contributed by atoms with Gasteiger partial charge in [0.05, 0.1) is 6.72 Å². The van der Waals surface area contributed by atoms with E-state index in [1.165, 1.54) is 15.0 Å². The molecule has 0 saturated carbocycles. The first-order valence-electron chi connectivity index (χ1n) is 9.31. The molecule has 2 aromatic heterocycles. The van der Waals surface area contributed by atoms with Crippen molar-refractivity contribution in [3.63, 3.8) is 0 Å². The van der Waals surface area contributed by atoms with Crippen molar-refractivity contribution in [2.24, 2.45) is 0 Å². The maximum Gasteiger partial charge on any atom is 0.501 e. The summed E-state index contributed by atoms with van der Waals surface area (Å²) in [5.74, 6) is 0.991. The Kier molecular flexibility index (Phi) is 5.49. The van der Waals surface area contributed by atoms with Crippen LogP contribution in [0.25, 0.3) is 11.5 Å². The Morgan fingerprint density at radius 1 is 1.41 bits per heavy atom. The number of nitrogens with zero attached hydrogens (tertiary/aromatic N) is 4. The van der Waals surface area contributed by atoms with Crippen molar-refractivity contribution < 1.29 is 13.9 Å². The molecule has 3 heterocycles. The maximum atomic E-state index is 12.9. The quantitative estimate of drug-likeness (QED) is 0.479. The van der Waals surface area contributed by atoms with Gasteiger partial charge in [0, 0.05) is 23.0 Å². The Hall–Kier alpha value is -2.55. The fraction of sp³-hybridized carbons (Fsp3) is 0.300. The lowest BCUT2D eigenvalue weighted by molar-refractivity contribution is -0.316. The van der Waals surface area contributed by atoms with E-state index in [0.717, 1.165) is 31.6 Å². The lowest BCUT2D eigenvalue weighted by atomic mass is 10.0. The van der Waals surface area contributed by atoms with E-state index in [0.29, 0.717) is 27.4 Å². The van der Waals surface area contributed by atoms with E-state index in [4.69, 9.17) is 16.1 Å². The summed E-state index contributed by atoms with van der Waals surface area (Å²) >= 11 is 7.48. The predicted molar refractivity (Wildman–Crippen MR) is 115 cm³/mol. The van der Waals surface area contributed by atoms with Crippen molar-refractivity contribution in [1.82, 2.24) is 15.0 Å². The SMILES string of the molecule is C=[N+](C(=O)Nc1sc2c(c1-c1nc(C)no1)CCN(CC)C2)c1ccc(Cl)cc1. The Bertz CT molecular complexity index is 1070. The lowest BCUT2D eigenvalue weighted by Gasteiger charge is -2.25. The van der Waals surface area contributed by atoms with Crippen LogP contribution >= 0.6 is 22.9 Å². The number of halogens is 1. The number of hydrogen-bond donors (Lipinski definition) is 1. The number of fused-ring (bicyclic) bond motifs is 1. The normalized spacial score (nSPS) is 13.9. The number of carbonyl (C=O) groups excluding carboxylic acids is 1. The highest BCUT2D eigenvalue weighted by Crippen LogP contribution is 2.43. The fourth-order valence-corrected chi connectivity index (χ4v) is 4.74. The van der Waals surface area contributed by atoms with Gasteiger partial charge < -0.3 is 4.52 Å². The van der Waals surface area contributed by atoms with Crippen LogP contribution < -0.4 is 5.32 Å². The molecule has 9 heteroatoms. The second-order valence-electron chi connectivity index (χ2n) is 6.81. The van der Waals surface area contributed by atoms with Gasteiger partial charge in [-0.25, -0.2) is 0 Å². The summed E-state index contributed by atoms with van der Waals surface area (Å²) in [6, 6.07) is 6.58. The molecule has 4 rings (SSSR count). The number of amides is 2. The molecule has 3 aromatic rings. The minimum absolute atomic E-state index is 0.351. The van der Waals surface area contributed by atoms with E-state index in [1.807, 2.05) is 0 Å². The fourth-order valence-electron chi connectivity index (χ4n) is 3.34. The highest BCUT2D eigenvalue weighted by molar-refractivity contribution is 7.17. The molecule has 1 aliphatic heterocycles. The smallest absolute Gasteiger partial charge is 0.334 e. The number of likely N-dealkylation sites (N-methyl/N-ethyl adjacent to an activating group) is 1. The summed E-state index contributed by atoms with van der Waals surface area (Å²) in [6.07, 6.45) is 0.873. The number of thiophene rings is 1. The summed E-state index contributed by atoms with van der Waals surface area (Å²) < 4.78 is 6.75. The van der Waals surface area contributed by atoms with Crippen molar-refractivity contribution in [3.8, 4) is 11.5 Å². The third kappa shape index (κ3) is 3.96. The first kappa shape index (κ1) is 19.8. The van der Waals surface area contributed by atoms with E-state index in [9.17, 15) is 4.79 Å². The second kappa shape index (κ2) is 8.06. The summed E-state index contributed by atoms with van der Waals surface area (Å²) in [7, 11) is 0. The average Bonchev–Trinajstić information content (AvgIpc) is 3.29. The molecule has 29 heavy (non-hydrogen) atoms. The first-order valence-corrected chi connectivity index (χ1v) is 10.5. The van der Waals surface area contributed by atoms with Gasteiger partial charge in [-0.2, -0.15) is 19.7 Å². The zero-order valence-corrected chi connectivity index (χ0v) is 17.8. The number of rotatable bonds is 4. The molecule has 0 atom stereocenters. The molecule has 0 unspecified atom stereocenters. The van der Waals surface area contributed by atoms with Gasteiger partial charge in [0.15, 0.2) is 10.8 Å². The molecule has 0 radical (unpaired) electrons. The van der Waals surface area contributed by atoms with E-state index in [-0.39, 0.29) is 6.03 Å². The third-order valence-corrected chi connectivity index (χ3v) is 6.31. The Morgan fingerprint density at radius 3 is 2.83 bits per heavy atom. The van der Waals surface area contributed by atoms with Gasteiger partial charge in [0.1, 0.15) is 11.3 Å². The molecule has 0 saturated heterocycles. The number of carbonyl (C=O) groups is 1. The monoisotopic (exact) mass is 430 g/mol. The lowest BCUT2D eigenvalue weighted by Crippen LogP contribution is -2.29. The van der Waals surface area contributed by atoms with Gasteiger partial charge in [-0.15, -0.1) is 0 Å². The first-order chi connectivity index (χ1) is 14.0. The molecule has 0 aliphatic carbocycles. The zero-order valence-electron chi connectivity index (χ0n) is 16.2. The van der Waals surface area contributed by atoms with E-state index in [1.54, 1.807) is 42.5 Å². The van der Waals surface area contributed by atoms with E-state index in [2.05, 4.69) is 34.0 Å². The second-order valence-corrected chi connectivity index (χ2v) is 8.35. The van der Waals surface area contributed by atoms with Gasteiger partial charge in [-0.1, -0.05) is 35.0 Å². The van der Waals surface area contributed by atoms with Crippen LogP contribution in [-0.4, -0.2) is 45.5 Å². The minimum Gasteiger partial charge on any atom is -0.334 e. The van der Waals surface area contributed by atoms with Crippen molar-refractivity contribution in [3.05, 3.63) is 45.6 Å². The van der Waals surface area contributed by atoms with Crippen LogP contribution in [0.3, 0.4) is 0 Å². The highest BCUT2D eigenvalue weighted by atomic mass is 35.5. The molecule has 1 aliphatic rings. The number of aromatic nitrogens is 2.